The van der Waals surface area contributed by atoms with Gasteiger partial charge in [-0.1, -0.05) is 63.2 Å². The second-order valence-electron chi connectivity index (χ2n) is 12.3. The van der Waals surface area contributed by atoms with E-state index in [9.17, 15) is 19.5 Å². The van der Waals surface area contributed by atoms with Gasteiger partial charge >= 0.3 is 0 Å². The molecule has 2 aromatic rings. The number of carbonyl (C=O) groups excluding carboxylic acids is 3. The SMILES string of the molecule is COC(C)(C)CNCC(O)CNC(=O)[C@@H](Cc1ccc2ccccc2c1)NC(=O)C1CCCN1C(=O)C(C)(C)C.Cl. The quantitative estimate of drug-likeness (QED) is 0.302. The molecule has 1 fully saturated rings. The van der Waals surface area contributed by atoms with Crippen LogP contribution in [-0.4, -0.2) is 84.8 Å². The summed E-state index contributed by atoms with van der Waals surface area (Å²) >= 11 is 0. The zero-order valence-corrected chi connectivity index (χ0v) is 26.0. The van der Waals surface area contributed by atoms with Crippen LogP contribution in [0.5, 0.6) is 0 Å². The number of benzene rings is 2. The van der Waals surface area contributed by atoms with E-state index < -0.39 is 23.6 Å². The first kappa shape index (κ1) is 34.5. The molecule has 1 saturated heterocycles. The Bertz CT molecular complexity index is 1180. The van der Waals surface area contributed by atoms with Crippen LogP contribution in [0, 0.1) is 5.41 Å². The molecule has 9 nitrogen and oxygen atoms in total. The molecular formula is C31H47ClN4O5. The summed E-state index contributed by atoms with van der Waals surface area (Å²) in [6.45, 7) is 10.8. The van der Waals surface area contributed by atoms with Crippen LogP contribution in [0.25, 0.3) is 10.8 Å². The Hall–Kier alpha value is -2.72. The van der Waals surface area contributed by atoms with Gasteiger partial charge in [-0.05, 0) is 43.0 Å². The van der Waals surface area contributed by atoms with E-state index in [-0.39, 0.29) is 55.2 Å². The summed E-state index contributed by atoms with van der Waals surface area (Å²) < 4.78 is 5.37. The number of amides is 3. The highest BCUT2D eigenvalue weighted by Crippen LogP contribution is 2.26. The lowest BCUT2D eigenvalue weighted by Gasteiger charge is -2.31. The number of aliphatic hydroxyl groups excluding tert-OH is 1. The molecule has 0 spiro atoms. The Morgan fingerprint density at radius 3 is 2.39 bits per heavy atom. The van der Waals surface area contributed by atoms with Gasteiger partial charge in [0.2, 0.25) is 17.7 Å². The number of rotatable bonds is 12. The van der Waals surface area contributed by atoms with Gasteiger partial charge in [0.1, 0.15) is 12.1 Å². The molecule has 0 aliphatic carbocycles. The Morgan fingerprint density at radius 2 is 1.73 bits per heavy atom. The minimum Gasteiger partial charge on any atom is -0.390 e. The van der Waals surface area contributed by atoms with Gasteiger partial charge in [0.25, 0.3) is 0 Å². The molecular weight excluding hydrogens is 544 g/mol. The predicted molar refractivity (Wildman–Crippen MR) is 164 cm³/mol. The number of fused-ring (bicyclic) bond motifs is 1. The summed E-state index contributed by atoms with van der Waals surface area (Å²) in [7, 11) is 1.63. The Balaban J connectivity index is 0.00000588. The third kappa shape index (κ3) is 9.95. The minimum atomic E-state index is -0.867. The number of halogens is 1. The molecule has 1 aliphatic rings. The van der Waals surface area contributed by atoms with Gasteiger partial charge in [0.05, 0.1) is 11.7 Å². The van der Waals surface area contributed by atoms with Crippen molar-refractivity contribution in [2.24, 2.45) is 5.41 Å². The molecule has 3 amide bonds. The van der Waals surface area contributed by atoms with E-state index >= 15 is 0 Å². The number of hydrogen-bond acceptors (Lipinski definition) is 6. The molecule has 10 heteroatoms. The smallest absolute Gasteiger partial charge is 0.243 e. The molecule has 3 atom stereocenters. The number of likely N-dealkylation sites (tertiary alicyclic amines) is 1. The summed E-state index contributed by atoms with van der Waals surface area (Å²) in [4.78, 5) is 41.4. The maximum atomic E-state index is 13.5. The van der Waals surface area contributed by atoms with Crippen LogP contribution in [0.2, 0.25) is 0 Å². The summed E-state index contributed by atoms with van der Waals surface area (Å²) in [5.41, 5.74) is -0.0779. The van der Waals surface area contributed by atoms with Gasteiger partial charge in [0, 0.05) is 45.1 Å². The molecule has 2 unspecified atom stereocenters. The average Bonchev–Trinajstić information content (AvgIpc) is 3.40. The van der Waals surface area contributed by atoms with Gasteiger partial charge in [-0.25, -0.2) is 0 Å². The van der Waals surface area contributed by atoms with Gasteiger partial charge in [0.15, 0.2) is 0 Å². The number of nitrogens with one attached hydrogen (secondary N) is 3. The highest BCUT2D eigenvalue weighted by molar-refractivity contribution is 5.93. The molecule has 3 rings (SSSR count). The van der Waals surface area contributed by atoms with E-state index in [1.807, 2.05) is 77.1 Å². The molecule has 0 radical (unpaired) electrons. The van der Waals surface area contributed by atoms with Gasteiger partial charge in [-0.3, -0.25) is 14.4 Å². The number of nitrogens with zero attached hydrogens (tertiary/aromatic N) is 1. The van der Waals surface area contributed by atoms with Crippen LogP contribution in [0.15, 0.2) is 42.5 Å². The highest BCUT2D eigenvalue weighted by Gasteiger charge is 2.39. The third-order valence-electron chi connectivity index (χ3n) is 7.34. The number of ether oxygens (including phenoxy) is 1. The molecule has 1 heterocycles. The first-order chi connectivity index (χ1) is 18.8. The summed E-state index contributed by atoms with van der Waals surface area (Å²) in [5.74, 6) is -0.794. The maximum absolute atomic E-state index is 13.5. The Kier molecular flexibility index (Phi) is 12.6. The molecule has 41 heavy (non-hydrogen) atoms. The molecule has 0 saturated carbocycles. The predicted octanol–water partition coefficient (Wildman–Crippen LogP) is 2.82. The Morgan fingerprint density at radius 1 is 1.05 bits per heavy atom. The van der Waals surface area contributed by atoms with Gasteiger partial charge in [-0.2, -0.15) is 0 Å². The molecule has 0 bridgehead atoms. The van der Waals surface area contributed by atoms with E-state index in [1.54, 1.807) is 12.0 Å². The molecule has 2 aromatic carbocycles. The second kappa shape index (κ2) is 15.0. The zero-order valence-electron chi connectivity index (χ0n) is 25.2. The van der Waals surface area contributed by atoms with Crippen LogP contribution in [-0.2, 0) is 25.5 Å². The maximum Gasteiger partial charge on any atom is 0.243 e. The number of hydrogen-bond donors (Lipinski definition) is 4. The van der Waals surface area contributed by atoms with Crippen LogP contribution in [0.4, 0.5) is 0 Å². The highest BCUT2D eigenvalue weighted by atomic mass is 35.5. The van der Waals surface area contributed by atoms with Crippen molar-refractivity contribution >= 4 is 40.9 Å². The largest absolute Gasteiger partial charge is 0.390 e. The van der Waals surface area contributed by atoms with Crippen molar-refractivity contribution in [3.63, 3.8) is 0 Å². The van der Waals surface area contributed by atoms with Crippen LogP contribution >= 0.6 is 12.4 Å². The fraction of sp³-hybridized carbons (Fsp3) is 0.581. The van der Waals surface area contributed by atoms with Crippen molar-refractivity contribution in [3.05, 3.63) is 48.0 Å². The number of carbonyl (C=O) groups is 3. The zero-order chi connectivity index (χ0) is 29.5. The topological polar surface area (TPSA) is 120 Å². The summed E-state index contributed by atoms with van der Waals surface area (Å²) in [6, 6.07) is 12.5. The molecule has 4 N–H and O–H groups in total. The first-order valence-corrected chi connectivity index (χ1v) is 14.1. The van der Waals surface area contributed by atoms with Crippen LogP contribution in [0.1, 0.15) is 53.0 Å². The van der Waals surface area contributed by atoms with Crippen LogP contribution in [0.3, 0.4) is 0 Å². The fourth-order valence-corrected chi connectivity index (χ4v) is 4.82. The molecule has 228 valence electrons. The lowest BCUT2D eigenvalue weighted by atomic mass is 9.94. The van der Waals surface area contributed by atoms with Gasteiger partial charge < -0.3 is 30.7 Å². The van der Waals surface area contributed by atoms with Crippen molar-refractivity contribution in [2.45, 2.75) is 77.7 Å². The minimum absolute atomic E-state index is 0. The lowest BCUT2D eigenvalue weighted by Crippen LogP contribution is -2.55. The molecule has 0 aromatic heterocycles. The summed E-state index contributed by atoms with van der Waals surface area (Å²) in [6.07, 6.45) is 0.753. The average molecular weight is 591 g/mol. The van der Waals surface area contributed by atoms with Crippen LogP contribution < -0.4 is 16.0 Å². The van der Waals surface area contributed by atoms with E-state index in [0.717, 1.165) is 22.8 Å². The van der Waals surface area contributed by atoms with Gasteiger partial charge in [-0.15, -0.1) is 12.4 Å². The van der Waals surface area contributed by atoms with E-state index in [0.29, 0.717) is 19.5 Å². The first-order valence-electron chi connectivity index (χ1n) is 14.1. The second-order valence-corrected chi connectivity index (χ2v) is 12.3. The van der Waals surface area contributed by atoms with Crippen molar-refractivity contribution in [1.82, 2.24) is 20.9 Å². The van der Waals surface area contributed by atoms with Crippen molar-refractivity contribution in [1.29, 1.82) is 0 Å². The van der Waals surface area contributed by atoms with E-state index in [1.165, 1.54) is 0 Å². The fourth-order valence-electron chi connectivity index (χ4n) is 4.82. The van der Waals surface area contributed by atoms with Crippen molar-refractivity contribution < 1.29 is 24.2 Å². The van der Waals surface area contributed by atoms with E-state index in [2.05, 4.69) is 16.0 Å². The molecule has 1 aliphatic heterocycles. The number of aliphatic hydroxyl groups is 1. The van der Waals surface area contributed by atoms with Crippen molar-refractivity contribution in [2.75, 3.05) is 33.3 Å². The Labute approximate surface area is 250 Å². The standard InChI is InChI=1S/C31H46N4O5.ClH/c1-30(2,3)29(39)35-15-9-12-26(35)28(38)34-25(17-21-13-14-22-10-7-8-11-23(22)16-21)27(37)33-19-24(36)18-32-20-31(4,5)40-6;/h7-8,10-11,13-14,16,24-26,32,36H,9,12,15,17-20H2,1-6H3,(H,33,37)(H,34,38);1H/t24?,25-,26?;/m1./s1. The van der Waals surface area contributed by atoms with E-state index in [4.69, 9.17) is 4.74 Å². The normalized spacial score (nSPS) is 17.0. The van der Waals surface area contributed by atoms with Crippen molar-refractivity contribution in [3.8, 4) is 0 Å². The number of methoxy groups -OCH3 is 1. The summed E-state index contributed by atoms with van der Waals surface area (Å²) in [5, 5.41) is 21.4. The third-order valence-corrected chi connectivity index (χ3v) is 7.34. The monoisotopic (exact) mass is 590 g/mol. The lowest BCUT2D eigenvalue weighted by molar-refractivity contribution is -0.145.